The van der Waals surface area contributed by atoms with Gasteiger partial charge in [-0.05, 0) is 41.5 Å². The molecule has 0 aromatic heterocycles. The van der Waals surface area contributed by atoms with E-state index in [4.69, 9.17) is 23.2 Å². The van der Waals surface area contributed by atoms with Crippen LogP contribution < -0.4 is 9.62 Å². The Bertz CT molecular complexity index is 1140. The number of rotatable bonds is 6. The molecule has 0 aliphatic carbocycles. The lowest BCUT2D eigenvalue weighted by Gasteiger charge is -2.28. The van der Waals surface area contributed by atoms with E-state index in [2.05, 4.69) is 5.32 Å². The third-order valence-corrected chi connectivity index (χ3v) is 6.20. The molecule has 0 fully saturated rings. The van der Waals surface area contributed by atoms with Crippen molar-refractivity contribution in [3.63, 3.8) is 0 Å². The van der Waals surface area contributed by atoms with Crippen LogP contribution in [0.1, 0.15) is 12.5 Å². The summed E-state index contributed by atoms with van der Waals surface area (Å²) in [5, 5.41) is 5.50. The third kappa shape index (κ3) is 5.01. The highest BCUT2D eigenvalue weighted by Gasteiger charge is 2.29. The Balaban J connectivity index is 1.84. The zero-order valence-electron chi connectivity index (χ0n) is 15.9. The molecule has 3 rings (SSSR count). The Kier molecular flexibility index (Phi) is 6.36. The van der Waals surface area contributed by atoms with Gasteiger partial charge >= 0.3 is 0 Å². The predicted octanol–water partition coefficient (Wildman–Crippen LogP) is 4.62. The number of amides is 1. The van der Waals surface area contributed by atoms with Crippen molar-refractivity contribution in [2.75, 3.05) is 10.6 Å². The van der Waals surface area contributed by atoms with E-state index in [9.17, 15) is 13.2 Å². The van der Waals surface area contributed by atoms with Crippen LogP contribution in [-0.2, 0) is 21.4 Å². The van der Waals surface area contributed by atoms with Crippen molar-refractivity contribution in [1.29, 1.82) is 0 Å². The van der Waals surface area contributed by atoms with Crippen LogP contribution in [0.4, 0.5) is 5.69 Å². The molecule has 0 heterocycles. The number of hydrogen-bond acceptors (Lipinski definition) is 3. The molecule has 0 unspecified atom stereocenters. The molecule has 1 N–H and O–H groups in total. The maximum absolute atomic E-state index is 12.8. The van der Waals surface area contributed by atoms with Gasteiger partial charge in [0.15, 0.2) is 0 Å². The summed E-state index contributed by atoms with van der Waals surface area (Å²) in [4.78, 5) is 12.8. The smallest absolute Gasteiger partial charge is 0.243 e. The molecule has 152 valence electrons. The summed E-state index contributed by atoms with van der Waals surface area (Å²) in [6.07, 6.45) is 1.04. The van der Waals surface area contributed by atoms with E-state index in [0.717, 1.165) is 26.9 Å². The van der Waals surface area contributed by atoms with Crippen molar-refractivity contribution in [3.8, 4) is 0 Å². The lowest BCUT2D eigenvalue weighted by atomic mass is 10.0. The molecule has 3 aromatic rings. The molecule has 0 saturated heterocycles. The van der Waals surface area contributed by atoms with E-state index >= 15 is 0 Å². The van der Waals surface area contributed by atoms with Crippen LogP contribution >= 0.6 is 23.2 Å². The molecule has 0 saturated carbocycles. The van der Waals surface area contributed by atoms with Gasteiger partial charge in [-0.2, -0.15) is 0 Å². The molecule has 0 bridgehead atoms. The monoisotopic (exact) mass is 450 g/mol. The van der Waals surface area contributed by atoms with Gasteiger partial charge in [0.2, 0.25) is 15.9 Å². The number of nitrogens with one attached hydrogen (secondary N) is 1. The molecule has 0 radical (unpaired) electrons. The summed E-state index contributed by atoms with van der Waals surface area (Å²) < 4.78 is 25.8. The summed E-state index contributed by atoms with van der Waals surface area (Å²) in [5.41, 5.74) is 1.18. The van der Waals surface area contributed by atoms with Gasteiger partial charge in [-0.15, -0.1) is 0 Å². The average molecular weight is 451 g/mol. The Morgan fingerprint density at radius 3 is 2.31 bits per heavy atom. The zero-order valence-corrected chi connectivity index (χ0v) is 18.2. The Morgan fingerprint density at radius 2 is 1.66 bits per heavy atom. The number of sulfonamides is 1. The molecular weight excluding hydrogens is 431 g/mol. The van der Waals surface area contributed by atoms with Crippen molar-refractivity contribution < 1.29 is 13.2 Å². The number of nitrogens with zero attached hydrogens (tertiary/aromatic N) is 1. The van der Waals surface area contributed by atoms with Crippen LogP contribution in [0.25, 0.3) is 10.8 Å². The fourth-order valence-electron chi connectivity index (χ4n) is 3.25. The number of anilines is 1. The Labute approximate surface area is 180 Å². The quantitative estimate of drug-likeness (QED) is 0.595. The molecule has 1 amide bonds. The number of hydrogen-bond donors (Lipinski definition) is 1. The normalized spacial score (nSPS) is 12.6. The number of halogens is 2. The minimum atomic E-state index is -3.76. The fraction of sp³-hybridized carbons (Fsp3) is 0.190. The highest BCUT2D eigenvalue weighted by molar-refractivity contribution is 7.92. The number of carbonyl (C=O) groups excluding carboxylic acids is 1. The van der Waals surface area contributed by atoms with Crippen LogP contribution in [0.2, 0.25) is 10.0 Å². The second kappa shape index (κ2) is 8.61. The first-order chi connectivity index (χ1) is 13.7. The van der Waals surface area contributed by atoms with Crippen molar-refractivity contribution in [2.45, 2.75) is 19.5 Å². The van der Waals surface area contributed by atoms with Gasteiger partial charge in [0.1, 0.15) is 6.04 Å². The van der Waals surface area contributed by atoms with Gasteiger partial charge < -0.3 is 5.32 Å². The van der Waals surface area contributed by atoms with Gasteiger partial charge in [-0.3, -0.25) is 9.10 Å². The topological polar surface area (TPSA) is 66.5 Å². The summed E-state index contributed by atoms with van der Waals surface area (Å²) in [7, 11) is -3.76. The Morgan fingerprint density at radius 1 is 1.03 bits per heavy atom. The number of carbonyl (C=O) groups is 1. The number of benzene rings is 3. The van der Waals surface area contributed by atoms with Gasteiger partial charge in [0, 0.05) is 16.6 Å². The van der Waals surface area contributed by atoms with Gasteiger partial charge in [0.25, 0.3) is 0 Å². The lowest BCUT2D eigenvalue weighted by molar-refractivity contribution is -0.122. The fourth-order valence-corrected chi connectivity index (χ4v) is 4.93. The maximum atomic E-state index is 12.8. The van der Waals surface area contributed by atoms with Crippen molar-refractivity contribution in [1.82, 2.24) is 5.32 Å². The van der Waals surface area contributed by atoms with E-state index in [-0.39, 0.29) is 22.3 Å². The summed E-state index contributed by atoms with van der Waals surface area (Å²) in [6, 6.07) is 17.1. The summed E-state index contributed by atoms with van der Waals surface area (Å²) in [6.45, 7) is 1.80. The van der Waals surface area contributed by atoms with E-state index in [0.29, 0.717) is 0 Å². The molecule has 0 spiro atoms. The van der Waals surface area contributed by atoms with E-state index in [1.807, 2.05) is 42.5 Å². The first-order valence-electron chi connectivity index (χ1n) is 8.86. The van der Waals surface area contributed by atoms with Gasteiger partial charge in [-0.25, -0.2) is 8.42 Å². The first-order valence-corrected chi connectivity index (χ1v) is 11.5. The second-order valence-electron chi connectivity index (χ2n) is 6.72. The molecule has 0 aliphatic heterocycles. The maximum Gasteiger partial charge on any atom is 0.243 e. The Hall–Kier alpha value is -2.28. The van der Waals surface area contributed by atoms with Crippen LogP contribution in [-0.4, -0.2) is 26.6 Å². The molecule has 29 heavy (non-hydrogen) atoms. The zero-order chi connectivity index (χ0) is 21.2. The highest BCUT2D eigenvalue weighted by Crippen LogP contribution is 2.28. The molecule has 3 aromatic carbocycles. The molecule has 5 nitrogen and oxygen atoms in total. The van der Waals surface area contributed by atoms with Gasteiger partial charge in [-0.1, -0.05) is 65.7 Å². The van der Waals surface area contributed by atoms with E-state index in [1.54, 1.807) is 0 Å². The molecule has 0 aliphatic rings. The summed E-state index contributed by atoms with van der Waals surface area (Å²) in [5.74, 6) is -0.431. The van der Waals surface area contributed by atoms with Crippen LogP contribution in [0, 0.1) is 0 Å². The molecule has 8 heteroatoms. The van der Waals surface area contributed by atoms with E-state index < -0.39 is 22.0 Å². The standard InChI is InChI=1S/C21H20Cl2N2O3S/c1-14(25(29(2,27)28)19-11-17(22)10-18(23)12-19)21(26)24-13-16-8-5-7-15-6-3-4-9-20(15)16/h3-12,14H,13H2,1-2H3,(H,24,26)/t14-/m1/s1. The SMILES string of the molecule is C[C@H](C(=O)NCc1cccc2ccccc12)N(c1cc(Cl)cc(Cl)c1)S(C)(=O)=O. The third-order valence-electron chi connectivity index (χ3n) is 4.52. The lowest BCUT2D eigenvalue weighted by Crippen LogP contribution is -2.47. The largest absolute Gasteiger partial charge is 0.350 e. The van der Waals surface area contributed by atoms with Crippen LogP contribution in [0.15, 0.2) is 60.7 Å². The molecular formula is C21H20Cl2N2O3S. The number of fused-ring (bicyclic) bond motifs is 1. The minimum absolute atomic E-state index is 0.234. The van der Waals surface area contributed by atoms with Crippen LogP contribution in [0.3, 0.4) is 0 Å². The predicted molar refractivity (Wildman–Crippen MR) is 119 cm³/mol. The van der Waals surface area contributed by atoms with Crippen LogP contribution in [0.5, 0.6) is 0 Å². The average Bonchev–Trinajstić information content (AvgIpc) is 2.64. The highest BCUT2D eigenvalue weighted by atomic mass is 35.5. The minimum Gasteiger partial charge on any atom is -0.350 e. The second-order valence-corrected chi connectivity index (χ2v) is 9.45. The molecule has 1 atom stereocenters. The van der Waals surface area contributed by atoms with Crippen molar-refractivity contribution >= 4 is 55.6 Å². The van der Waals surface area contributed by atoms with Gasteiger partial charge in [0.05, 0.1) is 11.9 Å². The first kappa shape index (κ1) is 21.4. The van der Waals surface area contributed by atoms with E-state index in [1.165, 1.54) is 25.1 Å². The summed E-state index contributed by atoms with van der Waals surface area (Å²) >= 11 is 12.0. The van der Waals surface area contributed by atoms with Crippen molar-refractivity contribution in [3.05, 3.63) is 76.3 Å². The van der Waals surface area contributed by atoms with Crippen molar-refractivity contribution in [2.24, 2.45) is 0 Å².